The van der Waals surface area contributed by atoms with Gasteiger partial charge in [-0.25, -0.2) is 0 Å². The van der Waals surface area contributed by atoms with Crippen LogP contribution in [-0.4, -0.2) is 10.2 Å². The fourth-order valence-corrected chi connectivity index (χ4v) is 0.929. The number of rotatable bonds is 0. The maximum absolute atomic E-state index is 3.93. The van der Waals surface area contributed by atoms with E-state index in [1.807, 2.05) is 71.9 Å². The van der Waals surface area contributed by atoms with E-state index in [9.17, 15) is 0 Å². The molecule has 0 unspecified atom stereocenters. The average Bonchev–Trinajstić information content (AvgIpc) is 2.45. The Bertz CT molecular complexity index is 280. The van der Waals surface area contributed by atoms with Gasteiger partial charge >= 0.3 is 0 Å². The lowest BCUT2D eigenvalue weighted by Gasteiger charge is -1.90. The number of benzene rings is 1. The molecule has 16 heavy (non-hydrogen) atoms. The standard InChI is InChI=1S/C8H6N2.3C2H6/c1-2-4-8-7(3-1)5-6-9-10-8;3*1-2/h1-6H;3*1-2H3. The molecule has 0 spiro atoms. The quantitative estimate of drug-likeness (QED) is 0.642. The zero-order chi connectivity index (χ0) is 12.8. The number of hydrogen-bond acceptors (Lipinski definition) is 2. The second-order valence-corrected chi connectivity index (χ2v) is 2.09. The van der Waals surface area contributed by atoms with Crippen LogP contribution in [0.4, 0.5) is 0 Å². The summed E-state index contributed by atoms with van der Waals surface area (Å²) in [5.41, 5.74) is 0.949. The Morgan fingerprint density at radius 2 is 1.31 bits per heavy atom. The molecule has 0 amide bonds. The Balaban J connectivity index is 0. The molecule has 0 aliphatic carbocycles. The lowest BCUT2D eigenvalue weighted by Crippen LogP contribution is -1.79. The van der Waals surface area contributed by atoms with Crippen LogP contribution in [0.3, 0.4) is 0 Å². The minimum atomic E-state index is 0.949. The zero-order valence-electron chi connectivity index (χ0n) is 11.4. The largest absolute Gasteiger partial charge is 0.159 e. The van der Waals surface area contributed by atoms with Crippen LogP contribution in [-0.2, 0) is 0 Å². The third kappa shape index (κ3) is 6.12. The first kappa shape index (κ1) is 17.0. The molecule has 0 fully saturated rings. The number of fused-ring (bicyclic) bond motifs is 1. The molecule has 0 radical (unpaired) electrons. The van der Waals surface area contributed by atoms with E-state index in [4.69, 9.17) is 0 Å². The molecule has 1 heterocycles. The summed E-state index contributed by atoms with van der Waals surface area (Å²) >= 11 is 0. The number of aromatic nitrogens is 2. The predicted molar refractivity (Wildman–Crippen MR) is 73.6 cm³/mol. The van der Waals surface area contributed by atoms with Crippen LogP contribution >= 0.6 is 0 Å². The Morgan fingerprint density at radius 1 is 0.750 bits per heavy atom. The van der Waals surface area contributed by atoms with E-state index in [1.165, 1.54) is 0 Å². The van der Waals surface area contributed by atoms with Crippen LogP contribution in [0, 0.1) is 0 Å². The van der Waals surface area contributed by atoms with Crippen molar-refractivity contribution in [3.05, 3.63) is 36.5 Å². The number of nitrogens with zero attached hydrogens (tertiary/aromatic N) is 2. The molecule has 1 aromatic carbocycles. The van der Waals surface area contributed by atoms with Crippen molar-refractivity contribution in [2.45, 2.75) is 41.5 Å². The van der Waals surface area contributed by atoms with E-state index in [0.29, 0.717) is 0 Å². The van der Waals surface area contributed by atoms with Crippen molar-refractivity contribution in [2.75, 3.05) is 0 Å². The highest BCUT2D eigenvalue weighted by atomic mass is 15.1. The van der Waals surface area contributed by atoms with Crippen LogP contribution in [0.1, 0.15) is 41.5 Å². The van der Waals surface area contributed by atoms with Gasteiger partial charge in [-0.1, -0.05) is 59.7 Å². The Morgan fingerprint density at radius 3 is 1.88 bits per heavy atom. The average molecular weight is 220 g/mol. The molecule has 90 valence electrons. The Hall–Kier alpha value is -1.44. The molecule has 0 aliphatic rings. The summed E-state index contributed by atoms with van der Waals surface area (Å²) in [4.78, 5) is 0. The molecule has 0 saturated heterocycles. The fourth-order valence-electron chi connectivity index (χ4n) is 0.929. The molecule has 2 aromatic rings. The smallest absolute Gasteiger partial charge is 0.0929 e. The van der Waals surface area contributed by atoms with Crippen LogP contribution < -0.4 is 0 Å². The molecule has 0 saturated carbocycles. The van der Waals surface area contributed by atoms with Gasteiger partial charge in [-0.05, 0) is 12.1 Å². The predicted octanol–water partition coefficient (Wildman–Crippen LogP) is 4.71. The maximum Gasteiger partial charge on any atom is 0.0929 e. The first-order valence-corrected chi connectivity index (χ1v) is 6.13. The SMILES string of the molecule is CC.CC.CC.c1ccc2nnccc2c1. The lowest BCUT2D eigenvalue weighted by atomic mass is 10.2. The van der Waals surface area contributed by atoms with E-state index >= 15 is 0 Å². The van der Waals surface area contributed by atoms with E-state index in [2.05, 4.69) is 10.2 Å². The van der Waals surface area contributed by atoms with Gasteiger partial charge < -0.3 is 0 Å². The van der Waals surface area contributed by atoms with Gasteiger partial charge in [0.1, 0.15) is 0 Å². The second kappa shape index (κ2) is 13.6. The minimum absolute atomic E-state index is 0.949. The van der Waals surface area contributed by atoms with Gasteiger partial charge in [-0.3, -0.25) is 0 Å². The van der Waals surface area contributed by atoms with Gasteiger partial charge in [0, 0.05) is 5.39 Å². The molecule has 0 bridgehead atoms. The molecule has 0 aliphatic heterocycles. The van der Waals surface area contributed by atoms with Gasteiger partial charge in [0.15, 0.2) is 0 Å². The summed E-state index contributed by atoms with van der Waals surface area (Å²) < 4.78 is 0. The van der Waals surface area contributed by atoms with Crippen molar-refractivity contribution in [1.82, 2.24) is 10.2 Å². The van der Waals surface area contributed by atoms with Crippen molar-refractivity contribution in [2.24, 2.45) is 0 Å². The van der Waals surface area contributed by atoms with Gasteiger partial charge in [-0.15, -0.1) is 0 Å². The summed E-state index contributed by atoms with van der Waals surface area (Å²) in [5, 5.41) is 8.83. The normalized spacial score (nSPS) is 7.38. The van der Waals surface area contributed by atoms with Gasteiger partial charge in [0.25, 0.3) is 0 Å². The van der Waals surface area contributed by atoms with Crippen molar-refractivity contribution in [3.8, 4) is 0 Å². The fraction of sp³-hybridized carbons (Fsp3) is 0.429. The molecule has 0 atom stereocenters. The molecule has 2 nitrogen and oxygen atoms in total. The molecule has 0 N–H and O–H groups in total. The summed E-state index contributed by atoms with van der Waals surface area (Å²) in [6.07, 6.45) is 1.70. The van der Waals surface area contributed by atoms with Gasteiger partial charge in [0.05, 0.1) is 11.7 Å². The third-order valence-electron chi connectivity index (χ3n) is 1.42. The van der Waals surface area contributed by atoms with E-state index in [1.54, 1.807) is 6.20 Å². The molecular weight excluding hydrogens is 196 g/mol. The summed E-state index contributed by atoms with van der Waals surface area (Å²) in [7, 11) is 0. The highest BCUT2D eigenvalue weighted by Gasteiger charge is 1.87. The molecule has 1 aromatic heterocycles. The van der Waals surface area contributed by atoms with E-state index in [-0.39, 0.29) is 0 Å². The monoisotopic (exact) mass is 220 g/mol. The van der Waals surface area contributed by atoms with Crippen molar-refractivity contribution in [3.63, 3.8) is 0 Å². The van der Waals surface area contributed by atoms with E-state index in [0.717, 1.165) is 10.9 Å². The Labute approximate surface area is 99.7 Å². The second-order valence-electron chi connectivity index (χ2n) is 2.09. The van der Waals surface area contributed by atoms with Crippen LogP contribution in [0.5, 0.6) is 0 Å². The highest BCUT2D eigenvalue weighted by Crippen LogP contribution is 2.06. The van der Waals surface area contributed by atoms with Crippen molar-refractivity contribution >= 4 is 10.9 Å². The zero-order valence-corrected chi connectivity index (χ0v) is 11.4. The van der Waals surface area contributed by atoms with Gasteiger partial charge in [-0.2, -0.15) is 10.2 Å². The molecule has 2 heteroatoms. The third-order valence-corrected chi connectivity index (χ3v) is 1.42. The highest BCUT2D eigenvalue weighted by molar-refractivity contribution is 5.77. The maximum atomic E-state index is 3.93. The van der Waals surface area contributed by atoms with Crippen LogP contribution in [0.2, 0.25) is 0 Å². The first-order valence-electron chi connectivity index (χ1n) is 6.13. The molecule has 2 rings (SSSR count). The lowest BCUT2D eigenvalue weighted by molar-refractivity contribution is 1.08. The first-order chi connectivity index (χ1) is 7.97. The van der Waals surface area contributed by atoms with Crippen LogP contribution in [0.15, 0.2) is 36.5 Å². The van der Waals surface area contributed by atoms with Crippen molar-refractivity contribution < 1.29 is 0 Å². The topological polar surface area (TPSA) is 25.8 Å². The number of hydrogen-bond donors (Lipinski definition) is 0. The summed E-state index contributed by atoms with van der Waals surface area (Å²) in [5.74, 6) is 0. The molecular formula is C14H24N2. The van der Waals surface area contributed by atoms with E-state index < -0.39 is 0 Å². The van der Waals surface area contributed by atoms with Crippen LogP contribution in [0.25, 0.3) is 10.9 Å². The minimum Gasteiger partial charge on any atom is -0.159 e. The summed E-state index contributed by atoms with van der Waals surface area (Å²) in [6, 6.07) is 9.86. The van der Waals surface area contributed by atoms with Crippen molar-refractivity contribution in [1.29, 1.82) is 0 Å². The van der Waals surface area contributed by atoms with Gasteiger partial charge in [0.2, 0.25) is 0 Å². The Kier molecular flexibility index (Phi) is 14.4. The summed E-state index contributed by atoms with van der Waals surface area (Å²) in [6.45, 7) is 12.0.